The maximum atomic E-state index is 2.41. The highest BCUT2D eigenvalue weighted by atomic mass is 15.0. The summed E-state index contributed by atoms with van der Waals surface area (Å²) in [7, 11) is 0. The van der Waals surface area contributed by atoms with Gasteiger partial charge in [0, 0.05) is 32.9 Å². The van der Waals surface area contributed by atoms with Crippen molar-refractivity contribution in [3.05, 3.63) is 352 Å². The minimum Gasteiger partial charge on any atom is -0.309 e. The normalized spacial score (nSPS) is 11.6. The van der Waals surface area contributed by atoms with E-state index in [-0.39, 0.29) is 0 Å². The Morgan fingerprint density at radius 1 is 0.144 bits per heavy atom. The van der Waals surface area contributed by atoms with E-state index in [1.165, 1.54) is 165 Å². The van der Waals surface area contributed by atoms with Crippen molar-refractivity contribution in [1.82, 2.24) is 9.13 Å². The second-order valence-corrected chi connectivity index (χ2v) is 23.6. The average molecular weight is 1140 g/mol. The van der Waals surface area contributed by atoms with Crippen LogP contribution in [0.2, 0.25) is 0 Å². The fraction of sp³-hybridized carbons (Fsp3) is 0. The molecule has 0 saturated heterocycles. The van der Waals surface area contributed by atoms with Crippen molar-refractivity contribution in [2.45, 2.75) is 0 Å². The molecule has 0 N–H and O–H groups in total. The summed E-state index contributed by atoms with van der Waals surface area (Å²) in [5.74, 6) is 0. The summed E-state index contributed by atoms with van der Waals surface area (Å²) in [5, 5.41) is 15.2. The van der Waals surface area contributed by atoms with Crippen LogP contribution < -0.4 is 0 Å². The molecule has 2 nitrogen and oxygen atoms in total. The highest BCUT2D eigenvalue weighted by molar-refractivity contribution is 6.23. The van der Waals surface area contributed by atoms with Crippen LogP contribution in [0.3, 0.4) is 0 Å². The molecule has 0 fully saturated rings. The van der Waals surface area contributed by atoms with Crippen LogP contribution >= 0.6 is 0 Å². The summed E-state index contributed by atoms with van der Waals surface area (Å²) >= 11 is 0. The predicted octanol–water partition coefficient (Wildman–Crippen LogP) is 24.2. The van der Waals surface area contributed by atoms with Crippen molar-refractivity contribution in [2.75, 3.05) is 0 Å². The van der Waals surface area contributed by atoms with Crippen LogP contribution in [0, 0.1) is 0 Å². The largest absolute Gasteiger partial charge is 0.309 e. The van der Waals surface area contributed by atoms with E-state index >= 15 is 0 Å². The van der Waals surface area contributed by atoms with Crippen LogP contribution in [0.1, 0.15) is 0 Å². The Kier molecular flexibility index (Phi) is 12.9. The van der Waals surface area contributed by atoms with Crippen molar-refractivity contribution in [1.29, 1.82) is 0 Å². The van der Waals surface area contributed by atoms with Crippen molar-refractivity contribution < 1.29 is 0 Å². The van der Waals surface area contributed by atoms with Crippen LogP contribution in [0.15, 0.2) is 352 Å². The molecular weight excluding hydrogens is 1080 g/mol. The predicted molar refractivity (Wildman–Crippen MR) is 384 cm³/mol. The van der Waals surface area contributed by atoms with E-state index < -0.39 is 0 Å². The second kappa shape index (κ2) is 22.1. The highest BCUT2D eigenvalue weighted by Crippen LogP contribution is 2.42. The molecule has 18 aromatic rings. The number of hydrogen-bond donors (Lipinski definition) is 0. The van der Waals surface area contributed by atoms with E-state index in [0.717, 1.165) is 0 Å². The van der Waals surface area contributed by atoms with Gasteiger partial charge in [0.1, 0.15) is 0 Å². The van der Waals surface area contributed by atoms with Gasteiger partial charge >= 0.3 is 0 Å². The van der Waals surface area contributed by atoms with E-state index in [4.69, 9.17) is 0 Å². The molecule has 0 bridgehead atoms. The van der Waals surface area contributed by atoms with Crippen LogP contribution in [0.4, 0.5) is 0 Å². The van der Waals surface area contributed by atoms with Crippen LogP contribution in [-0.4, -0.2) is 9.13 Å². The zero-order valence-corrected chi connectivity index (χ0v) is 49.4. The summed E-state index contributed by atoms with van der Waals surface area (Å²) in [6.07, 6.45) is 0. The van der Waals surface area contributed by atoms with Gasteiger partial charge in [-0.1, -0.05) is 267 Å². The minimum atomic E-state index is 1.17. The molecule has 0 aliphatic rings. The number of nitrogens with zero attached hydrogens (tertiary/aromatic N) is 2. The molecule has 0 radical (unpaired) electrons. The van der Waals surface area contributed by atoms with Gasteiger partial charge in [0.15, 0.2) is 0 Å². The zero-order valence-electron chi connectivity index (χ0n) is 49.4. The molecular formula is C88H58N2. The third-order valence-corrected chi connectivity index (χ3v) is 18.3. The maximum Gasteiger partial charge on any atom is 0.0547 e. The van der Waals surface area contributed by atoms with Crippen LogP contribution in [-0.2, 0) is 0 Å². The lowest BCUT2D eigenvalue weighted by Crippen LogP contribution is -1.93. The summed E-state index contributed by atoms with van der Waals surface area (Å²) in [4.78, 5) is 0. The van der Waals surface area contributed by atoms with Gasteiger partial charge in [-0.05, 0) is 195 Å². The first-order valence-corrected chi connectivity index (χ1v) is 31.0. The van der Waals surface area contributed by atoms with Gasteiger partial charge in [0.2, 0.25) is 0 Å². The van der Waals surface area contributed by atoms with Crippen molar-refractivity contribution in [2.24, 2.45) is 0 Å². The molecule has 2 aromatic heterocycles. The maximum absolute atomic E-state index is 2.41. The van der Waals surface area contributed by atoms with E-state index in [2.05, 4.69) is 361 Å². The number of benzene rings is 16. The molecule has 18 rings (SSSR count). The Morgan fingerprint density at radius 2 is 0.422 bits per heavy atom. The van der Waals surface area contributed by atoms with Gasteiger partial charge in [-0.2, -0.15) is 0 Å². The van der Waals surface area contributed by atoms with Crippen LogP contribution in [0.25, 0.3) is 165 Å². The summed E-state index contributed by atoms with van der Waals surface area (Å²) in [6, 6.07) is 128. The van der Waals surface area contributed by atoms with Gasteiger partial charge < -0.3 is 9.13 Å². The quantitative estimate of drug-likeness (QED) is 0.144. The Balaban J connectivity index is 0.000000139. The van der Waals surface area contributed by atoms with E-state index in [1.807, 2.05) is 0 Å². The minimum absolute atomic E-state index is 1.17. The van der Waals surface area contributed by atoms with Crippen molar-refractivity contribution in [3.8, 4) is 78.1 Å². The highest BCUT2D eigenvalue weighted by Gasteiger charge is 2.18. The first-order valence-electron chi connectivity index (χ1n) is 31.0. The summed E-state index contributed by atoms with van der Waals surface area (Å²) in [6.45, 7) is 0. The van der Waals surface area contributed by atoms with Crippen LogP contribution in [0.5, 0.6) is 0 Å². The molecule has 0 saturated carbocycles. The molecule has 0 spiro atoms. The summed E-state index contributed by atoms with van der Waals surface area (Å²) in [5.41, 5.74) is 22.1. The third-order valence-electron chi connectivity index (χ3n) is 18.3. The van der Waals surface area contributed by atoms with E-state index in [9.17, 15) is 0 Å². The molecule has 2 heteroatoms. The number of fused-ring (bicyclic) bond motifs is 12. The first-order chi connectivity index (χ1) is 44.6. The average Bonchev–Trinajstić information content (AvgIpc) is 1.66. The molecule has 0 unspecified atom stereocenters. The van der Waals surface area contributed by atoms with Gasteiger partial charge in [-0.25, -0.2) is 0 Å². The third kappa shape index (κ3) is 9.38. The van der Waals surface area contributed by atoms with Gasteiger partial charge in [-0.3, -0.25) is 0 Å². The topological polar surface area (TPSA) is 9.86 Å². The Hall–Kier alpha value is -11.8. The molecule has 0 amide bonds. The molecule has 0 aliphatic carbocycles. The van der Waals surface area contributed by atoms with Crippen molar-refractivity contribution >= 4 is 86.7 Å². The number of aromatic nitrogens is 2. The zero-order chi connectivity index (χ0) is 59.5. The monoisotopic (exact) mass is 1140 g/mol. The first kappa shape index (κ1) is 52.5. The smallest absolute Gasteiger partial charge is 0.0547 e. The SMILES string of the molecule is c1ccc(-c2ccc(-n3c4ccccc4c4c5cc(-c6ccc7cc(-c8ccccc8)ccc7c6)ccc5ccc43)cc2)cc1.c1ccc(-c2ccc(-n3c4ccccc4c4c5ccc(-c6ccc7cc(-c8ccccc8)ccc7c6)cc5ccc43)cc2)cc1. The van der Waals surface area contributed by atoms with Gasteiger partial charge in [-0.15, -0.1) is 0 Å². The number of hydrogen-bond acceptors (Lipinski definition) is 0. The Bertz CT molecular complexity index is 5720. The second-order valence-electron chi connectivity index (χ2n) is 23.6. The molecule has 0 atom stereocenters. The molecule has 2 heterocycles. The fourth-order valence-corrected chi connectivity index (χ4v) is 13.8. The lowest BCUT2D eigenvalue weighted by atomic mass is 9.95. The molecule has 0 aliphatic heterocycles. The summed E-state index contributed by atoms with van der Waals surface area (Å²) < 4.78 is 4.81. The van der Waals surface area contributed by atoms with E-state index in [1.54, 1.807) is 0 Å². The van der Waals surface area contributed by atoms with Gasteiger partial charge in [0.25, 0.3) is 0 Å². The number of rotatable bonds is 8. The fourth-order valence-electron chi connectivity index (χ4n) is 13.8. The lowest BCUT2D eigenvalue weighted by molar-refractivity contribution is 1.18. The van der Waals surface area contributed by atoms with Gasteiger partial charge in [0.05, 0.1) is 22.1 Å². The Labute approximate surface area is 522 Å². The number of para-hydroxylation sites is 2. The molecule has 16 aromatic carbocycles. The Morgan fingerprint density at radius 3 is 0.844 bits per heavy atom. The van der Waals surface area contributed by atoms with E-state index in [0.29, 0.717) is 0 Å². The lowest BCUT2D eigenvalue weighted by Gasteiger charge is -2.11. The molecule has 420 valence electrons. The van der Waals surface area contributed by atoms with Crippen molar-refractivity contribution in [3.63, 3.8) is 0 Å². The molecule has 90 heavy (non-hydrogen) atoms. The standard InChI is InChI=1S/2C44H29N/c1-3-9-30(10-4-1)32-19-23-39(24-20-32)45-42-14-8-7-13-41(42)44-40-25-21-37(29-38(40)22-26-43(44)45)36-18-17-34-27-33(15-16-35(34)28-36)31-11-5-2-6-12-31;1-3-9-30(10-4-1)32-21-24-39(25-22-32)45-42-14-8-7-13-40(42)44-41-29-38(16-15-33(41)23-26-43(44)45)37-20-19-35-27-34(17-18-36(35)28-37)31-11-5-2-6-12-31/h2*1-29H.